The Morgan fingerprint density at radius 3 is 2.71 bits per heavy atom. The van der Waals surface area contributed by atoms with Gasteiger partial charge in [0, 0.05) is 20.0 Å². The lowest BCUT2D eigenvalue weighted by molar-refractivity contribution is 0.340. The summed E-state index contributed by atoms with van der Waals surface area (Å²) in [5, 5.41) is 1.26. The number of ether oxygens (including phenoxy) is 1. The second kappa shape index (κ2) is 8.03. The second-order valence-electron chi connectivity index (χ2n) is 5.84. The average Bonchev–Trinajstić information content (AvgIpc) is 2.94. The zero-order valence-corrected chi connectivity index (χ0v) is 16.1. The molecule has 0 atom stereocenters. The number of aromatic amines is 1. The van der Waals surface area contributed by atoms with E-state index in [9.17, 15) is 0 Å². The van der Waals surface area contributed by atoms with Crippen LogP contribution in [-0.4, -0.2) is 18.1 Å². The van der Waals surface area contributed by atoms with E-state index in [4.69, 9.17) is 10.5 Å². The molecule has 3 N–H and O–H groups in total. The van der Waals surface area contributed by atoms with E-state index in [1.165, 1.54) is 25.8 Å². The monoisotopic (exact) mass is 434 g/mol. The Kier molecular flexibility index (Phi) is 5.79. The van der Waals surface area contributed by atoms with E-state index < -0.39 is 0 Å². The second-order valence-corrected chi connectivity index (χ2v) is 7.01. The Morgan fingerprint density at radius 1 is 1.12 bits per heavy atom. The van der Waals surface area contributed by atoms with E-state index in [1.807, 2.05) is 13.0 Å². The Bertz CT molecular complexity index is 826. The predicted molar refractivity (Wildman–Crippen MR) is 110 cm³/mol. The summed E-state index contributed by atoms with van der Waals surface area (Å²) < 4.78 is 6.95. The molecule has 0 aliphatic rings. The number of hydrogen-bond donors (Lipinski definition) is 2. The third-order valence-electron chi connectivity index (χ3n) is 4.21. The van der Waals surface area contributed by atoms with Crippen LogP contribution in [0.5, 0.6) is 5.75 Å². The number of halogens is 1. The van der Waals surface area contributed by atoms with Gasteiger partial charge in [-0.25, -0.2) is 0 Å². The molecule has 0 aliphatic heterocycles. The summed E-state index contributed by atoms with van der Waals surface area (Å²) >= 11 is 2.41. The fourth-order valence-corrected chi connectivity index (χ4v) is 3.74. The molecule has 1 heterocycles. The number of unbranched alkanes of at least 4 members (excludes halogenated alkanes) is 1. The maximum atomic E-state index is 5.70. The zero-order chi connectivity index (χ0) is 16.9. The average molecular weight is 434 g/mol. The zero-order valence-electron chi connectivity index (χ0n) is 13.9. The standard InChI is InChI=1S/C20H23IN2O/c1-2-24-14-10-11-19-17(13-14)15(7-5-6-12-22)20(23-19)16-8-3-4-9-18(16)21/h3-4,8-11,13,23H,2,5-7,12,22H2,1H3. The normalized spacial score (nSPS) is 11.1. The van der Waals surface area contributed by atoms with Crippen molar-refractivity contribution in [3.63, 3.8) is 0 Å². The van der Waals surface area contributed by atoms with E-state index in [2.05, 4.69) is 64.0 Å². The highest BCUT2D eigenvalue weighted by molar-refractivity contribution is 14.1. The van der Waals surface area contributed by atoms with Crippen LogP contribution in [0, 0.1) is 3.57 Å². The van der Waals surface area contributed by atoms with Gasteiger partial charge in [0.2, 0.25) is 0 Å². The Morgan fingerprint density at radius 2 is 1.96 bits per heavy atom. The van der Waals surface area contributed by atoms with Crippen molar-refractivity contribution < 1.29 is 4.74 Å². The molecule has 0 bridgehead atoms. The smallest absolute Gasteiger partial charge is 0.120 e. The first kappa shape index (κ1) is 17.3. The van der Waals surface area contributed by atoms with Crippen molar-refractivity contribution in [2.45, 2.75) is 26.2 Å². The summed E-state index contributed by atoms with van der Waals surface area (Å²) in [7, 11) is 0. The Labute approximate surface area is 156 Å². The number of benzene rings is 2. The molecule has 1 aromatic heterocycles. The molecule has 0 spiro atoms. The van der Waals surface area contributed by atoms with Crippen LogP contribution in [0.15, 0.2) is 42.5 Å². The van der Waals surface area contributed by atoms with Gasteiger partial charge in [-0.2, -0.15) is 0 Å². The number of hydrogen-bond acceptors (Lipinski definition) is 2. The maximum absolute atomic E-state index is 5.70. The predicted octanol–water partition coefficient (Wildman–Crippen LogP) is 5.12. The van der Waals surface area contributed by atoms with Gasteiger partial charge in [-0.1, -0.05) is 18.2 Å². The van der Waals surface area contributed by atoms with E-state index in [1.54, 1.807) is 0 Å². The van der Waals surface area contributed by atoms with Crippen LogP contribution in [-0.2, 0) is 6.42 Å². The number of aryl methyl sites for hydroxylation is 1. The molecular weight excluding hydrogens is 411 g/mol. The van der Waals surface area contributed by atoms with Gasteiger partial charge in [0.15, 0.2) is 0 Å². The van der Waals surface area contributed by atoms with Crippen LogP contribution >= 0.6 is 22.6 Å². The van der Waals surface area contributed by atoms with Crippen molar-refractivity contribution in [1.29, 1.82) is 0 Å². The lowest BCUT2D eigenvalue weighted by Crippen LogP contribution is -1.99. The molecule has 0 saturated carbocycles. The minimum absolute atomic E-state index is 0.682. The van der Waals surface area contributed by atoms with Gasteiger partial charge in [-0.3, -0.25) is 0 Å². The lowest BCUT2D eigenvalue weighted by Gasteiger charge is -2.08. The quantitative estimate of drug-likeness (QED) is 0.401. The van der Waals surface area contributed by atoms with Gasteiger partial charge in [-0.15, -0.1) is 0 Å². The molecule has 3 nitrogen and oxygen atoms in total. The van der Waals surface area contributed by atoms with Gasteiger partial charge < -0.3 is 15.5 Å². The minimum atomic E-state index is 0.682. The van der Waals surface area contributed by atoms with Crippen LogP contribution in [0.2, 0.25) is 0 Å². The highest BCUT2D eigenvalue weighted by Crippen LogP contribution is 2.35. The minimum Gasteiger partial charge on any atom is -0.494 e. The number of nitrogens with one attached hydrogen (secondary N) is 1. The third-order valence-corrected chi connectivity index (χ3v) is 5.15. The maximum Gasteiger partial charge on any atom is 0.120 e. The summed E-state index contributed by atoms with van der Waals surface area (Å²) in [6, 6.07) is 14.8. The highest BCUT2D eigenvalue weighted by atomic mass is 127. The first-order chi connectivity index (χ1) is 11.7. The summed E-state index contributed by atoms with van der Waals surface area (Å²) in [4.78, 5) is 3.63. The van der Waals surface area contributed by atoms with Crippen LogP contribution in [0.25, 0.3) is 22.2 Å². The molecule has 0 aliphatic carbocycles. The van der Waals surface area contributed by atoms with Gasteiger partial charge in [0.1, 0.15) is 5.75 Å². The van der Waals surface area contributed by atoms with Crippen molar-refractivity contribution in [2.75, 3.05) is 13.2 Å². The SMILES string of the molecule is CCOc1ccc2[nH]c(-c3ccccc3I)c(CCCCN)c2c1. The summed E-state index contributed by atoms with van der Waals surface area (Å²) in [5.74, 6) is 0.929. The first-order valence-electron chi connectivity index (χ1n) is 8.47. The molecule has 3 rings (SSSR count). The molecule has 0 amide bonds. The van der Waals surface area contributed by atoms with Crippen LogP contribution in [0.1, 0.15) is 25.3 Å². The fourth-order valence-electron chi connectivity index (χ4n) is 3.08. The van der Waals surface area contributed by atoms with E-state index in [0.29, 0.717) is 6.61 Å². The van der Waals surface area contributed by atoms with Gasteiger partial charge in [-0.05, 0) is 85.2 Å². The third kappa shape index (κ3) is 3.59. The largest absolute Gasteiger partial charge is 0.494 e. The molecular formula is C20H23IN2O. The van der Waals surface area contributed by atoms with Crippen LogP contribution in [0.3, 0.4) is 0 Å². The molecule has 2 aromatic carbocycles. The number of H-pyrrole nitrogens is 1. The van der Waals surface area contributed by atoms with Crippen molar-refractivity contribution in [3.8, 4) is 17.0 Å². The number of rotatable bonds is 7. The molecule has 0 fully saturated rings. The highest BCUT2D eigenvalue weighted by Gasteiger charge is 2.15. The summed E-state index contributed by atoms with van der Waals surface area (Å²) in [6.07, 6.45) is 3.16. The summed E-state index contributed by atoms with van der Waals surface area (Å²) in [6.45, 7) is 3.44. The van der Waals surface area contributed by atoms with Crippen molar-refractivity contribution in [3.05, 3.63) is 51.6 Å². The Balaban J connectivity index is 2.12. The van der Waals surface area contributed by atoms with Crippen molar-refractivity contribution >= 4 is 33.5 Å². The van der Waals surface area contributed by atoms with E-state index >= 15 is 0 Å². The molecule has 0 radical (unpaired) electrons. The van der Waals surface area contributed by atoms with Gasteiger partial charge in [0.05, 0.1) is 12.3 Å². The molecule has 24 heavy (non-hydrogen) atoms. The van der Waals surface area contributed by atoms with Crippen molar-refractivity contribution in [2.24, 2.45) is 5.73 Å². The molecule has 4 heteroatoms. The number of nitrogens with two attached hydrogens (primary N) is 1. The van der Waals surface area contributed by atoms with Gasteiger partial charge >= 0.3 is 0 Å². The van der Waals surface area contributed by atoms with Gasteiger partial charge in [0.25, 0.3) is 0 Å². The van der Waals surface area contributed by atoms with Crippen molar-refractivity contribution in [1.82, 2.24) is 4.98 Å². The van der Waals surface area contributed by atoms with E-state index in [0.717, 1.165) is 37.1 Å². The van der Waals surface area contributed by atoms with E-state index in [-0.39, 0.29) is 0 Å². The number of fused-ring (bicyclic) bond motifs is 1. The molecule has 3 aromatic rings. The molecule has 126 valence electrons. The molecule has 0 unspecified atom stereocenters. The fraction of sp³-hybridized carbons (Fsp3) is 0.300. The van der Waals surface area contributed by atoms with Crippen LogP contribution < -0.4 is 10.5 Å². The molecule has 0 saturated heterocycles. The lowest BCUT2D eigenvalue weighted by atomic mass is 10.00. The number of aromatic nitrogens is 1. The van der Waals surface area contributed by atoms with Crippen LogP contribution in [0.4, 0.5) is 0 Å². The first-order valence-corrected chi connectivity index (χ1v) is 9.54. The topological polar surface area (TPSA) is 51.0 Å². The Hall–Kier alpha value is -1.53. The summed E-state index contributed by atoms with van der Waals surface area (Å²) in [5.41, 5.74) is 10.7.